The van der Waals surface area contributed by atoms with E-state index < -0.39 is 6.10 Å². The number of hydrogen-bond acceptors (Lipinski definition) is 3. The van der Waals surface area contributed by atoms with E-state index in [0.29, 0.717) is 28.6 Å². The summed E-state index contributed by atoms with van der Waals surface area (Å²) in [5.41, 5.74) is 2.65. The van der Waals surface area contributed by atoms with Gasteiger partial charge in [0.15, 0.2) is 6.10 Å². The monoisotopic (exact) mass is 388 g/mol. The lowest BCUT2D eigenvalue weighted by Crippen LogP contribution is -2.32. The Kier molecular flexibility index (Phi) is 7.25. The van der Waals surface area contributed by atoms with E-state index in [1.165, 1.54) is 0 Å². The number of para-hydroxylation sites is 1. The lowest BCUT2D eigenvalue weighted by atomic mass is 10.1. The molecule has 144 valence electrons. The van der Waals surface area contributed by atoms with Crippen molar-refractivity contribution in [2.45, 2.75) is 40.2 Å². The molecule has 1 atom stereocenters. The zero-order valence-electron chi connectivity index (χ0n) is 16.1. The third kappa shape index (κ3) is 5.47. The van der Waals surface area contributed by atoms with Crippen LogP contribution in [-0.2, 0) is 4.79 Å². The van der Waals surface area contributed by atoms with Crippen LogP contribution in [0.3, 0.4) is 0 Å². The second-order valence-corrected chi connectivity index (χ2v) is 6.80. The first-order chi connectivity index (χ1) is 12.8. The normalized spacial score (nSPS) is 11.6. The van der Waals surface area contributed by atoms with Gasteiger partial charge in [-0.2, -0.15) is 0 Å². The molecule has 0 aliphatic heterocycles. The minimum Gasteiger partial charge on any atom is -0.481 e. The topological polar surface area (TPSA) is 67.4 Å². The fourth-order valence-electron chi connectivity index (χ4n) is 2.59. The number of nitrogens with one attached hydrogen (secondary N) is 2. The van der Waals surface area contributed by atoms with Gasteiger partial charge in [0.25, 0.3) is 11.8 Å². The molecule has 0 bridgehead atoms. The number of hydrogen-bond donors (Lipinski definition) is 2. The summed E-state index contributed by atoms with van der Waals surface area (Å²) in [4.78, 5) is 24.8. The average molecular weight is 389 g/mol. The number of aryl methyl sites for hydroxylation is 2. The second-order valence-electron chi connectivity index (χ2n) is 6.42. The van der Waals surface area contributed by atoms with E-state index in [2.05, 4.69) is 10.6 Å². The standard InChI is InChI=1S/C21H25ClN2O3/c1-5-10-23-21(26)17-8-6-7-9-18(17)24-20(25)15(4)27-16-11-13(2)19(22)14(3)12-16/h6-9,11-12,15H,5,10H2,1-4H3,(H,23,26)(H,24,25)/t15-/m0/s1. The average Bonchev–Trinajstić information content (AvgIpc) is 2.64. The quantitative estimate of drug-likeness (QED) is 0.733. The Hall–Kier alpha value is -2.53. The van der Waals surface area contributed by atoms with Crippen molar-refractivity contribution < 1.29 is 14.3 Å². The Balaban J connectivity index is 2.10. The van der Waals surface area contributed by atoms with Crippen LogP contribution in [0.2, 0.25) is 5.02 Å². The lowest BCUT2D eigenvalue weighted by Gasteiger charge is -2.17. The van der Waals surface area contributed by atoms with Gasteiger partial charge in [0.05, 0.1) is 11.3 Å². The molecule has 2 amide bonds. The lowest BCUT2D eigenvalue weighted by molar-refractivity contribution is -0.122. The van der Waals surface area contributed by atoms with Crippen molar-refractivity contribution in [3.63, 3.8) is 0 Å². The minimum atomic E-state index is -0.739. The fourth-order valence-corrected chi connectivity index (χ4v) is 2.70. The van der Waals surface area contributed by atoms with Crippen LogP contribution in [0.25, 0.3) is 0 Å². The minimum absolute atomic E-state index is 0.217. The SMILES string of the molecule is CCCNC(=O)c1ccccc1NC(=O)[C@H](C)Oc1cc(C)c(Cl)c(C)c1. The molecule has 0 heterocycles. The van der Waals surface area contributed by atoms with E-state index in [1.807, 2.05) is 20.8 Å². The highest BCUT2D eigenvalue weighted by atomic mass is 35.5. The number of rotatable bonds is 7. The van der Waals surface area contributed by atoms with E-state index >= 15 is 0 Å². The van der Waals surface area contributed by atoms with Gasteiger partial charge in [-0.05, 0) is 62.6 Å². The van der Waals surface area contributed by atoms with Crippen LogP contribution in [-0.4, -0.2) is 24.5 Å². The van der Waals surface area contributed by atoms with Gasteiger partial charge in [0.2, 0.25) is 0 Å². The fraction of sp³-hybridized carbons (Fsp3) is 0.333. The van der Waals surface area contributed by atoms with Crippen LogP contribution in [0, 0.1) is 13.8 Å². The van der Waals surface area contributed by atoms with E-state index in [9.17, 15) is 9.59 Å². The van der Waals surface area contributed by atoms with E-state index in [0.717, 1.165) is 17.5 Å². The maximum atomic E-state index is 12.5. The molecular weight excluding hydrogens is 364 g/mol. The van der Waals surface area contributed by atoms with Gasteiger partial charge in [-0.3, -0.25) is 9.59 Å². The van der Waals surface area contributed by atoms with Gasteiger partial charge in [-0.25, -0.2) is 0 Å². The molecule has 0 spiro atoms. The highest BCUT2D eigenvalue weighted by Gasteiger charge is 2.19. The maximum absolute atomic E-state index is 12.5. The van der Waals surface area contributed by atoms with Gasteiger partial charge < -0.3 is 15.4 Å². The van der Waals surface area contributed by atoms with Crippen LogP contribution < -0.4 is 15.4 Å². The van der Waals surface area contributed by atoms with Crippen molar-refractivity contribution in [2.75, 3.05) is 11.9 Å². The summed E-state index contributed by atoms with van der Waals surface area (Å²) in [6.07, 6.45) is 0.0992. The van der Waals surface area contributed by atoms with Crippen molar-refractivity contribution in [3.05, 3.63) is 58.1 Å². The Morgan fingerprint density at radius 1 is 1.15 bits per heavy atom. The summed E-state index contributed by atoms with van der Waals surface area (Å²) >= 11 is 6.17. The zero-order chi connectivity index (χ0) is 20.0. The number of carbonyl (C=O) groups is 2. The summed E-state index contributed by atoms with van der Waals surface area (Å²) in [5, 5.41) is 6.28. The van der Waals surface area contributed by atoms with Crippen LogP contribution in [0.15, 0.2) is 36.4 Å². The Morgan fingerprint density at radius 3 is 2.41 bits per heavy atom. The van der Waals surface area contributed by atoms with Crippen molar-refractivity contribution in [1.82, 2.24) is 5.32 Å². The Morgan fingerprint density at radius 2 is 1.78 bits per heavy atom. The zero-order valence-corrected chi connectivity index (χ0v) is 16.8. The molecule has 0 saturated carbocycles. The van der Waals surface area contributed by atoms with Crippen molar-refractivity contribution >= 4 is 29.1 Å². The smallest absolute Gasteiger partial charge is 0.265 e. The molecule has 0 saturated heterocycles. The molecule has 5 nitrogen and oxygen atoms in total. The third-order valence-electron chi connectivity index (χ3n) is 4.06. The molecule has 2 rings (SSSR count). The second kappa shape index (κ2) is 9.42. The van der Waals surface area contributed by atoms with Crippen molar-refractivity contribution in [3.8, 4) is 5.75 Å². The molecule has 2 N–H and O–H groups in total. The molecule has 0 fully saturated rings. The molecule has 0 aliphatic rings. The van der Waals surface area contributed by atoms with Crippen LogP contribution in [0.1, 0.15) is 41.8 Å². The summed E-state index contributed by atoms with van der Waals surface area (Å²) < 4.78 is 5.76. The first kappa shape index (κ1) is 20.8. The van der Waals surface area contributed by atoms with Gasteiger partial charge in [0, 0.05) is 11.6 Å². The molecule has 6 heteroatoms. The first-order valence-corrected chi connectivity index (χ1v) is 9.32. The maximum Gasteiger partial charge on any atom is 0.265 e. The molecule has 0 aromatic heterocycles. The van der Waals surface area contributed by atoms with Gasteiger partial charge >= 0.3 is 0 Å². The third-order valence-corrected chi connectivity index (χ3v) is 4.65. The number of benzene rings is 2. The summed E-state index contributed by atoms with van der Waals surface area (Å²) in [5.74, 6) is 0.0206. The van der Waals surface area contributed by atoms with Crippen molar-refractivity contribution in [1.29, 1.82) is 0 Å². The highest BCUT2D eigenvalue weighted by Crippen LogP contribution is 2.26. The number of halogens is 1. The Labute approximate surface area is 165 Å². The first-order valence-electron chi connectivity index (χ1n) is 8.95. The molecule has 27 heavy (non-hydrogen) atoms. The van der Waals surface area contributed by atoms with Gasteiger partial charge in [-0.15, -0.1) is 0 Å². The van der Waals surface area contributed by atoms with Gasteiger partial charge in [-0.1, -0.05) is 30.7 Å². The molecule has 0 aliphatic carbocycles. The van der Waals surface area contributed by atoms with Crippen LogP contribution in [0.5, 0.6) is 5.75 Å². The number of carbonyl (C=O) groups excluding carboxylic acids is 2. The summed E-state index contributed by atoms with van der Waals surface area (Å²) in [6, 6.07) is 10.5. The largest absolute Gasteiger partial charge is 0.481 e. The highest BCUT2D eigenvalue weighted by molar-refractivity contribution is 6.32. The van der Waals surface area contributed by atoms with E-state index in [-0.39, 0.29) is 11.8 Å². The van der Waals surface area contributed by atoms with Crippen LogP contribution in [0.4, 0.5) is 5.69 Å². The molecule has 0 radical (unpaired) electrons. The number of amides is 2. The predicted molar refractivity (Wildman–Crippen MR) is 109 cm³/mol. The van der Waals surface area contributed by atoms with Gasteiger partial charge in [0.1, 0.15) is 5.75 Å². The van der Waals surface area contributed by atoms with E-state index in [1.54, 1.807) is 43.3 Å². The van der Waals surface area contributed by atoms with E-state index in [4.69, 9.17) is 16.3 Å². The molecule has 2 aromatic carbocycles. The van der Waals surface area contributed by atoms with Crippen LogP contribution >= 0.6 is 11.6 Å². The van der Waals surface area contributed by atoms with Crippen molar-refractivity contribution in [2.24, 2.45) is 0 Å². The number of ether oxygens (including phenoxy) is 1. The molecular formula is C21H25ClN2O3. The summed E-state index contributed by atoms with van der Waals surface area (Å²) in [7, 11) is 0. The molecule has 0 unspecified atom stereocenters. The predicted octanol–water partition coefficient (Wildman–Crippen LogP) is 4.50. The molecule has 2 aromatic rings. The Bertz CT molecular complexity index is 813. The summed E-state index contributed by atoms with van der Waals surface area (Å²) in [6.45, 7) is 7.99. The number of anilines is 1.